The van der Waals surface area contributed by atoms with Crippen LogP contribution in [0.3, 0.4) is 0 Å². The van der Waals surface area contributed by atoms with Crippen molar-refractivity contribution in [2.75, 3.05) is 13.1 Å². The van der Waals surface area contributed by atoms with E-state index in [1.165, 1.54) is 0 Å². The Kier molecular flexibility index (Phi) is 2.06. The molecular formula is C7H14FN. The van der Waals surface area contributed by atoms with Gasteiger partial charge in [0.2, 0.25) is 0 Å². The lowest BCUT2D eigenvalue weighted by Crippen LogP contribution is -2.41. The lowest BCUT2D eigenvalue weighted by Gasteiger charge is -2.28. The summed E-state index contributed by atoms with van der Waals surface area (Å²) < 4.78 is 13.2. The van der Waals surface area contributed by atoms with E-state index >= 15 is 0 Å². The van der Waals surface area contributed by atoms with Gasteiger partial charge in [-0.05, 0) is 25.8 Å². The van der Waals surface area contributed by atoms with Gasteiger partial charge in [0.15, 0.2) is 0 Å². The Morgan fingerprint density at radius 1 is 1.67 bits per heavy atom. The fourth-order valence-electron chi connectivity index (χ4n) is 1.23. The quantitative estimate of drug-likeness (QED) is 0.568. The van der Waals surface area contributed by atoms with Gasteiger partial charge in [0.25, 0.3) is 0 Å². The van der Waals surface area contributed by atoms with Crippen molar-refractivity contribution in [3.05, 3.63) is 0 Å². The van der Waals surface area contributed by atoms with Crippen LogP contribution >= 0.6 is 0 Å². The number of rotatable bonds is 1. The van der Waals surface area contributed by atoms with Crippen LogP contribution in [0.25, 0.3) is 0 Å². The van der Waals surface area contributed by atoms with E-state index in [2.05, 4.69) is 5.32 Å². The van der Waals surface area contributed by atoms with E-state index in [0.29, 0.717) is 13.0 Å². The third-order valence-corrected chi connectivity index (χ3v) is 2.05. The highest BCUT2D eigenvalue weighted by molar-refractivity contribution is 4.83. The number of halogens is 1. The molecule has 0 aromatic rings. The number of hydrogen-bond acceptors (Lipinski definition) is 1. The predicted octanol–water partition coefficient (Wildman–Crippen LogP) is 1.49. The van der Waals surface area contributed by atoms with E-state index in [1.54, 1.807) is 0 Å². The van der Waals surface area contributed by atoms with Crippen molar-refractivity contribution in [2.45, 2.75) is 31.9 Å². The number of piperidine rings is 1. The third kappa shape index (κ3) is 1.65. The van der Waals surface area contributed by atoms with Crippen molar-refractivity contribution in [1.29, 1.82) is 0 Å². The molecule has 1 aliphatic rings. The monoisotopic (exact) mass is 131 g/mol. The topological polar surface area (TPSA) is 12.0 Å². The smallest absolute Gasteiger partial charge is 0.123 e. The van der Waals surface area contributed by atoms with Gasteiger partial charge in [-0.25, -0.2) is 4.39 Å². The molecule has 0 spiro atoms. The molecule has 2 heteroatoms. The second kappa shape index (κ2) is 2.65. The van der Waals surface area contributed by atoms with Crippen LogP contribution in [-0.2, 0) is 0 Å². The number of nitrogens with one attached hydrogen (secondary N) is 1. The zero-order valence-electron chi connectivity index (χ0n) is 5.91. The molecule has 1 aliphatic heterocycles. The predicted molar refractivity (Wildman–Crippen MR) is 36.2 cm³/mol. The molecule has 1 saturated heterocycles. The lowest BCUT2D eigenvalue weighted by molar-refractivity contribution is 0.117. The molecule has 54 valence electrons. The summed E-state index contributed by atoms with van der Waals surface area (Å²) in [4.78, 5) is 0. The molecule has 1 nitrogen and oxygen atoms in total. The maximum atomic E-state index is 13.2. The van der Waals surface area contributed by atoms with Gasteiger partial charge in [-0.3, -0.25) is 0 Å². The van der Waals surface area contributed by atoms with Gasteiger partial charge in [-0.15, -0.1) is 0 Å². The Bertz CT molecular complexity index is 86.9. The highest BCUT2D eigenvalue weighted by Crippen LogP contribution is 2.23. The van der Waals surface area contributed by atoms with Gasteiger partial charge < -0.3 is 5.32 Å². The average Bonchev–Trinajstić information content (AvgIpc) is 1.90. The Morgan fingerprint density at radius 2 is 2.44 bits per heavy atom. The minimum atomic E-state index is -0.891. The molecule has 0 aliphatic carbocycles. The molecule has 1 rings (SSSR count). The number of alkyl halides is 1. The normalized spacial score (nSPS) is 36.7. The van der Waals surface area contributed by atoms with Gasteiger partial charge in [0.1, 0.15) is 5.67 Å². The van der Waals surface area contributed by atoms with Crippen LogP contribution in [0.15, 0.2) is 0 Å². The average molecular weight is 131 g/mol. The zero-order chi connectivity index (χ0) is 6.74. The van der Waals surface area contributed by atoms with Crippen LogP contribution in [0.1, 0.15) is 26.2 Å². The van der Waals surface area contributed by atoms with Crippen LogP contribution in [0, 0.1) is 0 Å². The van der Waals surface area contributed by atoms with Crippen LogP contribution in [-0.4, -0.2) is 18.8 Å². The minimum absolute atomic E-state index is 0.559. The molecule has 0 aromatic carbocycles. The third-order valence-electron chi connectivity index (χ3n) is 2.05. The molecule has 1 N–H and O–H groups in total. The molecule has 0 radical (unpaired) electrons. The van der Waals surface area contributed by atoms with Crippen LogP contribution < -0.4 is 5.32 Å². The highest BCUT2D eigenvalue weighted by Gasteiger charge is 2.28. The number of hydrogen-bond donors (Lipinski definition) is 1. The van der Waals surface area contributed by atoms with Gasteiger partial charge in [-0.1, -0.05) is 6.92 Å². The summed E-state index contributed by atoms with van der Waals surface area (Å²) in [5, 5.41) is 3.05. The van der Waals surface area contributed by atoms with Crippen LogP contribution in [0.5, 0.6) is 0 Å². The van der Waals surface area contributed by atoms with Crippen molar-refractivity contribution in [1.82, 2.24) is 5.32 Å². The van der Waals surface area contributed by atoms with Crippen molar-refractivity contribution < 1.29 is 4.39 Å². The van der Waals surface area contributed by atoms with Crippen molar-refractivity contribution >= 4 is 0 Å². The largest absolute Gasteiger partial charge is 0.314 e. The Labute approximate surface area is 55.6 Å². The first-order valence-electron chi connectivity index (χ1n) is 3.66. The van der Waals surface area contributed by atoms with Gasteiger partial charge in [-0.2, -0.15) is 0 Å². The molecule has 1 fully saturated rings. The first-order chi connectivity index (χ1) is 4.27. The molecular weight excluding hydrogens is 117 g/mol. The highest BCUT2D eigenvalue weighted by atomic mass is 19.1. The fourth-order valence-corrected chi connectivity index (χ4v) is 1.23. The summed E-state index contributed by atoms with van der Waals surface area (Å²) in [5.74, 6) is 0. The summed E-state index contributed by atoms with van der Waals surface area (Å²) in [5.41, 5.74) is -0.891. The first kappa shape index (κ1) is 7.00. The molecule has 1 heterocycles. The molecule has 9 heavy (non-hydrogen) atoms. The maximum absolute atomic E-state index is 13.2. The summed E-state index contributed by atoms with van der Waals surface area (Å²) in [6.45, 7) is 3.46. The van der Waals surface area contributed by atoms with Gasteiger partial charge >= 0.3 is 0 Å². The second-order valence-electron chi connectivity index (χ2n) is 2.78. The van der Waals surface area contributed by atoms with Gasteiger partial charge in [0.05, 0.1) is 0 Å². The zero-order valence-corrected chi connectivity index (χ0v) is 5.91. The van der Waals surface area contributed by atoms with E-state index in [-0.39, 0.29) is 0 Å². The standard InChI is InChI=1S/C7H14FN/c1-2-7(8)4-3-5-9-6-7/h9H,2-6H2,1H3/t7-/m1/s1. The Morgan fingerprint density at radius 3 is 2.78 bits per heavy atom. The summed E-state index contributed by atoms with van der Waals surface area (Å²) in [6.07, 6.45) is 2.39. The Hall–Kier alpha value is -0.110. The van der Waals surface area contributed by atoms with E-state index < -0.39 is 5.67 Å². The fraction of sp³-hybridized carbons (Fsp3) is 1.00. The minimum Gasteiger partial charge on any atom is -0.314 e. The molecule has 0 amide bonds. The molecule has 1 atom stereocenters. The lowest BCUT2D eigenvalue weighted by atomic mass is 9.94. The maximum Gasteiger partial charge on any atom is 0.123 e. The molecule has 0 bridgehead atoms. The summed E-state index contributed by atoms with van der Waals surface area (Å²) >= 11 is 0. The summed E-state index contributed by atoms with van der Waals surface area (Å²) in [6, 6.07) is 0. The SMILES string of the molecule is CC[C@@]1(F)CCCNC1. The molecule has 0 unspecified atom stereocenters. The van der Waals surface area contributed by atoms with Gasteiger partial charge in [0, 0.05) is 6.54 Å². The van der Waals surface area contributed by atoms with E-state index in [9.17, 15) is 4.39 Å². The molecule has 0 aromatic heterocycles. The first-order valence-corrected chi connectivity index (χ1v) is 3.66. The molecule has 0 saturated carbocycles. The second-order valence-corrected chi connectivity index (χ2v) is 2.78. The van der Waals surface area contributed by atoms with Crippen molar-refractivity contribution in [2.24, 2.45) is 0 Å². The van der Waals surface area contributed by atoms with Crippen molar-refractivity contribution in [3.8, 4) is 0 Å². The summed E-state index contributed by atoms with van der Waals surface area (Å²) in [7, 11) is 0. The van der Waals surface area contributed by atoms with Crippen LogP contribution in [0.2, 0.25) is 0 Å². The van der Waals surface area contributed by atoms with Crippen molar-refractivity contribution in [3.63, 3.8) is 0 Å². The van der Waals surface area contributed by atoms with E-state index in [4.69, 9.17) is 0 Å². The van der Waals surface area contributed by atoms with Crippen LogP contribution in [0.4, 0.5) is 4.39 Å². The Balaban J connectivity index is 2.37. The van der Waals surface area contributed by atoms with E-state index in [1.807, 2.05) is 6.92 Å². The van der Waals surface area contributed by atoms with E-state index in [0.717, 1.165) is 19.4 Å².